The Morgan fingerprint density at radius 2 is 1.52 bits per heavy atom. The highest BCUT2D eigenvalue weighted by Gasteiger charge is 2.30. The third kappa shape index (κ3) is 4.43. The number of benzene rings is 2. The molecule has 130 valence electrons. The van der Waals surface area contributed by atoms with E-state index in [0.717, 1.165) is 5.56 Å². The van der Waals surface area contributed by atoms with Crippen LogP contribution in [0.3, 0.4) is 0 Å². The van der Waals surface area contributed by atoms with Crippen LogP contribution in [-0.2, 0) is 9.59 Å². The standard InChI is InChI=1S/C19H22N4O2/c1-12-3-5-14(6-4-12)17-11-18(23-22-17)19(25)21-16-9-7-15(8-10-16)20-13(2)24/h3-10,17-18,22-23H,11H2,1-2H3,(H,20,24)(H,21,25). The molecule has 2 aromatic rings. The van der Waals surface area contributed by atoms with Gasteiger partial charge in [0, 0.05) is 24.3 Å². The van der Waals surface area contributed by atoms with Crippen molar-refractivity contribution in [2.75, 3.05) is 10.6 Å². The second-order valence-corrected chi connectivity index (χ2v) is 6.29. The Hall–Kier alpha value is -2.70. The zero-order chi connectivity index (χ0) is 17.8. The van der Waals surface area contributed by atoms with E-state index in [-0.39, 0.29) is 23.9 Å². The van der Waals surface area contributed by atoms with E-state index >= 15 is 0 Å². The van der Waals surface area contributed by atoms with Gasteiger partial charge in [0.15, 0.2) is 0 Å². The van der Waals surface area contributed by atoms with E-state index in [1.807, 2.05) is 0 Å². The Morgan fingerprint density at radius 1 is 0.920 bits per heavy atom. The summed E-state index contributed by atoms with van der Waals surface area (Å²) in [5, 5.41) is 5.59. The van der Waals surface area contributed by atoms with Crippen molar-refractivity contribution in [1.29, 1.82) is 0 Å². The second-order valence-electron chi connectivity index (χ2n) is 6.29. The molecule has 0 radical (unpaired) electrons. The molecule has 0 aromatic heterocycles. The van der Waals surface area contributed by atoms with Crippen molar-refractivity contribution in [2.24, 2.45) is 0 Å². The molecule has 6 heteroatoms. The van der Waals surface area contributed by atoms with Gasteiger partial charge in [0.2, 0.25) is 11.8 Å². The first-order valence-electron chi connectivity index (χ1n) is 8.27. The van der Waals surface area contributed by atoms with Crippen LogP contribution < -0.4 is 21.5 Å². The van der Waals surface area contributed by atoms with Crippen LogP contribution >= 0.6 is 0 Å². The van der Waals surface area contributed by atoms with E-state index in [0.29, 0.717) is 17.8 Å². The summed E-state index contributed by atoms with van der Waals surface area (Å²) in [6.45, 7) is 3.51. The lowest BCUT2D eigenvalue weighted by atomic mass is 10.0. The van der Waals surface area contributed by atoms with Crippen LogP contribution in [-0.4, -0.2) is 17.9 Å². The van der Waals surface area contributed by atoms with Crippen LogP contribution in [0.15, 0.2) is 48.5 Å². The first kappa shape index (κ1) is 17.1. The molecule has 6 nitrogen and oxygen atoms in total. The molecule has 2 unspecified atom stereocenters. The van der Waals surface area contributed by atoms with Gasteiger partial charge in [0.05, 0.1) is 0 Å². The fourth-order valence-corrected chi connectivity index (χ4v) is 2.82. The lowest BCUT2D eigenvalue weighted by Crippen LogP contribution is -2.39. The maximum absolute atomic E-state index is 12.4. The number of carbonyl (C=O) groups excluding carboxylic acids is 2. The lowest BCUT2D eigenvalue weighted by molar-refractivity contribution is -0.118. The number of carbonyl (C=O) groups is 2. The molecule has 1 aliphatic rings. The zero-order valence-electron chi connectivity index (χ0n) is 14.3. The Kier molecular flexibility index (Phi) is 5.11. The van der Waals surface area contributed by atoms with Gasteiger partial charge < -0.3 is 10.6 Å². The number of hydrogen-bond donors (Lipinski definition) is 4. The highest BCUT2D eigenvalue weighted by atomic mass is 16.2. The molecule has 1 fully saturated rings. The van der Waals surface area contributed by atoms with Crippen LogP contribution in [0.1, 0.15) is 30.5 Å². The number of nitrogens with one attached hydrogen (secondary N) is 4. The Balaban J connectivity index is 1.57. The quantitative estimate of drug-likeness (QED) is 0.690. The molecule has 4 N–H and O–H groups in total. The predicted molar refractivity (Wildman–Crippen MR) is 98.0 cm³/mol. The molecular formula is C19H22N4O2. The molecule has 3 rings (SSSR count). The van der Waals surface area contributed by atoms with Gasteiger partial charge in [-0.2, -0.15) is 0 Å². The summed E-state index contributed by atoms with van der Waals surface area (Å²) < 4.78 is 0. The molecule has 2 amide bonds. The molecule has 1 heterocycles. The summed E-state index contributed by atoms with van der Waals surface area (Å²) in [5.74, 6) is -0.213. The van der Waals surface area contributed by atoms with Crippen molar-refractivity contribution >= 4 is 23.2 Å². The molecule has 1 aliphatic heterocycles. The van der Waals surface area contributed by atoms with Gasteiger partial charge in [0.25, 0.3) is 0 Å². The molecule has 0 aliphatic carbocycles. The normalized spacial score (nSPS) is 19.4. The van der Waals surface area contributed by atoms with Crippen molar-refractivity contribution in [3.63, 3.8) is 0 Å². The van der Waals surface area contributed by atoms with Gasteiger partial charge in [0.1, 0.15) is 6.04 Å². The highest BCUT2D eigenvalue weighted by Crippen LogP contribution is 2.23. The van der Waals surface area contributed by atoms with E-state index in [4.69, 9.17) is 0 Å². The first-order chi connectivity index (χ1) is 12.0. The summed E-state index contributed by atoms with van der Waals surface area (Å²) in [7, 11) is 0. The molecule has 0 spiro atoms. The smallest absolute Gasteiger partial charge is 0.242 e. The van der Waals surface area contributed by atoms with Crippen LogP contribution in [0.5, 0.6) is 0 Å². The molecule has 1 saturated heterocycles. The van der Waals surface area contributed by atoms with Gasteiger partial charge in [-0.15, -0.1) is 0 Å². The number of rotatable bonds is 4. The van der Waals surface area contributed by atoms with E-state index in [2.05, 4.69) is 52.7 Å². The topological polar surface area (TPSA) is 82.3 Å². The largest absolute Gasteiger partial charge is 0.326 e. The van der Waals surface area contributed by atoms with E-state index < -0.39 is 0 Å². The molecule has 0 saturated carbocycles. The van der Waals surface area contributed by atoms with Gasteiger partial charge in [-0.05, 0) is 43.2 Å². The molecular weight excluding hydrogens is 316 g/mol. The first-order valence-corrected chi connectivity index (χ1v) is 8.27. The SMILES string of the molecule is CC(=O)Nc1ccc(NC(=O)C2CC(c3ccc(C)cc3)NN2)cc1. The highest BCUT2D eigenvalue weighted by molar-refractivity contribution is 5.95. The van der Waals surface area contributed by atoms with Crippen molar-refractivity contribution in [1.82, 2.24) is 10.9 Å². The fraction of sp³-hybridized carbons (Fsp3) is 0.263. The third-order valence-corrected chi connectivity index (χ3v) is 4.17. The number of aryl methyl sites for hydroxylation is 1. The average molecular weight is 338 g/mol. The molecule has 2 aromatic carbocycles. The summed E-state index contributed by atoms with van der Waals surface area (Å²) in [5.41, 5.74) is 10.0. The Bertz CT molecular complexity index is 756. The Labute approximate surface area is 147 Å². The summed E-state index contributed by atoms with van der Waals surface area (Å²) in [6, 6.07) is 15.2. The molecule has 25 heavy (non-hydrogen) atoms. The number of hydrogen-bond acceptors (Lipinski definition) is 4. The van der Waals surface area contributed by atoms with Crippen LogP contribution in [0, 0.1) is 6.92 Å². The van der Waals surface area contributed by atoms with Crippen molar-refractivity contribution in [3.8, 4) is 0 Å². The van der Waals surface area contributed by atoms with Crippen LogP contribution in [0.2, 0.25) is 0 Å². The van der Waals surface area contributed by atoms with E-state index in [9.17, 15) is 9.59 Å². The summed E-state index contributed by atoms with van der Waals surface area (Å²) in [6.07, 6.45) is 0.679. The Morgan fingerprint density at radius 3 is 2.12 bits per heavy atom. The maximum atomic E-state index is 12.4. The number of hydrazine groups is 1. The van der Waals surface area contributed by atoms with Gasteiger partial charge in [-0.25, -0.2) is 10.9 Å². The molecule has 0 bridgehead atoms. The fourth-order valence-electron chi connectivity index (χ4n) is 2.82. The van der Waals surface area contributed by atoms with Gasteiger partial charge in [-0.1, -0.05) is 29.8 Å². The minimum absolute atomic E-state index is 0.0885. The van der Waals surface area contributed by atoms with Crippen molar-refractivity contribution < 1.29 is 9.59 Å². The van der Waals surface area contributed by atoms with E-state index in [1.54, 1.807) is 24.3 Å². The van der Waals surface area contributed by atoms with E-state index in [1.165, 1.54) is 12.5 Å². The zero-order valence-corrected chi connectivity index (χ0v) is 14.3. The van der Waals surface area contributed by atoms with Crippen molar-refractivity contribution in [3.05, 3.63) is 59.7 Å². The summed E-state index contributed by atoms with van der Waals surface area (Å²) >= 11 is 0. The van der Waals surface area contributed by atoms with Gasteiger partial charge in [-0.3, -0.25) is 9.59 Å². The van der Waals surface area contributed by atoms with Crippen molar-refractivity contribution in [2.45, 2.75) is 32.4 Å². The maximum Gasteiger partial charge on any atom is 0.242 e. The monoisotopic (exact) mass is 338 g/mol. The number of anilines is 2. The van der Waals surface area contributed by atoms with Crippen LogP contribution in [0.25, 0.3) is 0 Å². The molecule has 2 atom stereocenters. The second kappa shape index (κ2) is 7.46. The average Bonchev–Trinajstić information content (AvgIpc) is 3.07. The summed E-state index contributed by atoms with van der Waals surface area (Å²) in [4.78, 5) is 23.4. The number of amides is 2. The predicted octanol–water partition coefficient (Wildman–Crippen LogP) is 2.50. The lowest BCUT2D eigenvalue weighted by Gasteiger charge is -2.11. The minimum atomic E-state index is -0.304. The van der Waals surface area contributed by atoms with Crippen LogP contribution in [0.4, 0.5) is 11.4 Å². The van der Waals surface area contributed by atoms with Gasteiger partial charge >= 0.3 is 0 Å². The third-order valence-electron chi connectivity index (χ3n) is 4.17. The minimum Gasteiger partial charge on any atom is -0.326 e.